The van der Waals surface area contributed by atoms with Crippen LogP contribution in [0.1, 0.15) is 25.8 Å². The van der Waals surface area contributed by atoms with E-state index in [0.29, 0.717) is 16.9 Å². The topological polar surface area (TPSA) is 77.8 Å². The number of thioether (sulfide) groups is 1. The third-order valence-electron chi connectivity index (χ3n) is 3.15. The van der Waals surface area contributed by atoms with E-state index in [1.807, 2.05) is 13.8 Å². The van der Waals surface area contributed by atoms with E-state index in [4.69, 9.17) is 0 Å². The number of rotatable bonds is 3. The summed E-state index contributed by atoms with van der Waals surface area (Å²) in [4.78, 5) is 25.6. The molecular weight excluding hydrogens is 278 g/mol. The van der Waals surface area contributed by atoms with Crippen LogP contribution in [0.25, 0.3) is 6.08 Å². The maximum absolute atomic E-state index is 12.2. The largest absolute Gasteiger partial charge is 0.504 e. The highest BCUT2D eigenvalue weighted by Crippen LogP contribution is 2.35. The van der Waals surface area contributed by atoms with Gasteiger partial charge in [0.2, 0.25) is 0 Å². The zero-order valence-electron chi connectivity index (χ0n) is 11.2. The summed E-state index contributed by atoms with van der Waals surface area (Å²) >= 11 is 0.885. The Kier molecular flexibility index (Phi) is 4.04. The maximum Gasteiger partial charge on any atom is 0.293 e. The fraction of sp³-hybridized carbons (Fsp3) is 0.286. The summed E-state index contributed by atoms with van der Waals surface area (Å²) in [6.07, 6.45) is 2.23. The van der Waals surface area contributed by atoms with E-state index in [-0.39, 0.29) is 28.7 Å². The van der Waals surface area contributed by atoms with Gasteiger partial charge in [-0.3, -0.25) is 14.5 Å². The molecular formula is C14H15NO4S. The van der Waals surface area contributed by atoms with Crippen LogP contribution in [0.3, 0.4) is 0 Å². The standard InChI is InChI=1S/C14H15NO4S/c1-3-8(2)15-13(18)12(20-14(15)19)7-9-4-5-10(16)11(17)6-9/h4-8,16-17H,3H2,1-2H3/b12-7+/t8-/m1/s1. The van der Waals surface area contributed by atoms with Crippen LogP contribution < -0.4 is 0 Å². The van der Waals surface area contributed by atoms with Crippen molar-refractivity contribution in [3.05, 3.63) is 28.7 Å². The van der Waals surface area contributed by atoms with Crippen molar-refractivity contribution in [3.8, 4) is 11.5 Å². The molecule has 0 radical (unpaired) electrons. The van der Waals surface area contributed by atoms with Gasteiger partial charge >= 0.3 is 0 Å². The van der Waals surface area contributed by atoms with E-state index in [1.165, 1.54) is 23.1 Å². The lowest BCUT2D eigenvalue weighted by Crippen LogP contribution is -2.36. The molecule has 2 rings (SSSR count). The molecule has 0 aliphatic carbocycles. The van der Waals surface area contributed by atoms with Crippen molar-refractivity contribution in [2.24, 2.45) is 0 Å². The third-order valence-corrected chi connectivity index (χ3v) is 4.04. The van der Waals surface area contributed by atoms with Gasteiger partial charge in [-0.1, -0.05) is 13.0 Å². The average molecular weight is 293 g/mol. The van der Waals surface area contributed by atoms with Gasteiger partial charge < -0.3 is 10.2 Å². The van der Waals surface area contributed by atoms with E-state index in [0.717, 1.165) is 11.8 Å². The second-order valence-electron chi connectivity index (χ2n) is 4.56. The summed E-state index contributed by atoms with van der Waals surface area (Å²) in [6, 6.07) is 4.10. The summed E-state index contributed by atoms with van der Waals surface area (Å²) in [5, 5.41) is 18.4. The number of hydrogen-bond acceptors (Lipinski definition) is 5. The number of hydrogen-bond donors (Lipinski definition) is 2. The van der Waals surface area contributed by atoms with Crippen LogP contribution in [0.15, 0.2) is 23.1 Å². The van der Waals surface area contributed by atoms with Gasteiger partial charge in [0.15, 0.2) is 11.5 Å². The Morgan fingerprint density at radius 1 is 1.30 bits per heavy atom. The van der Waals surface area contributed by atoms with Crippen molar-refractivity contribution in [1.82, 2.24) is 4.90 Å². The van der Waals surface area contributed by atoms with Gasteiger partial charge in [0.25, 0.3) is 11.1 Å². The summed E-state index contributed by atoms with van der Waals surface area (Å²) in [5.41, 5.74) is 0.551. The molecule has 0 unspecified atom stereocenters. The van der Waals surface area contributed by atoms with Gasteiger partial charge in [0, 0.05) is 6.04 Å². The highest BCUT2D eigenvalue weighted by molar-refractivity contribution is 8.18. The minimum absolute atomic E-state index is 0.137. The number of carbonyl (C=O) groups excluding carboxylic acids is 2. The number of aromatic hydroxyl groups is 2. The summed E-state index contributed by atoms with van der Waals surface area (Å²) in [7, 11) is 0. The Bertz CT molecular complexity index is 597. The molecule has 2 amide bonds. The Hall–Kier alpha value is -1.95. The third kappa shape index (κ3) is 2.65. The fourth-order valence-corrected chi connectivity index (χ4v) is 2.75. The fourth-order valence-electron chi connectivity index (χ4n) is 1.82. The van der Waals surface area contributed by atoms with E-state index < -0.39 is 0 Å². The molecule has 106 valence electrons. The quantitative estimate of drug-likeness (QED) is 0.662. The predicted octanol–water partition coefficient (Wildman–Crippen LogP) is 2.93. The van der Waals surface area contributed by atoms with E-state index in [9.17, 15) is 19.8 Å². The SMILES string of the molecule is CC[C@@H](C)N1C(=O)S/C(=C/c2ccc(O)c(O)c2)C1=O. The minimum Gasteiger partial charge on any atom is -0.504 e. The van der Waals surface area contributed by atoms with Gasteiger partial charge in [0.1, 0.15) is 0 Å². The molecule has 1 aromatic carbocycles. The minimum atomic E-state index is -0.318. The molecule has 0 bridgehead atoms. The first-order chi connectivity index (χ1) is 9.43. The van der Waals surface area contributed by atoms with E-state index in [1.54, 1.807) is 6.07 Å². The highest BCUT2D eigenvalue weighted by Gasteiger charge is 2.37. The molecule has 2 N–H and O–H groups in total. The normalized spacial score (nSPS) is 18.9. The second-order valence-corrected chi connectivity index (χ2v) is 5.55. The van der Waals surface area contributed by atoms with E-state index >= 15 is 0 Å². The number of carbonyl (C=O) groups is 2. The van der Waals surface area contributed by atoms with Crippen molar-refractivity contribution >= 4 is 29.0 Å². The number of benzene rings is 1. The van der Waals surface area contributed by atoms with Crippen molar-refractivity contribution < 1.29 is 19.8 Å². The number of amides is 2. The van der Waals surface area contributed by atoms with Crippen LogP contribution in [-0.2, 0) is 4.79 Å². The first kappa shape index (κ1) is 14.5. The first-order valence-electron chi connectivity index (χ1n) is 6.23. The molecule has 1 saturated heterocycles. The molecule has 1 aliphatic rings. The monoisotopic (exact) mass is 293 g/mol. The maximum atomic E-state index is 12.2. The van der Waals surface area contributed by atoms with Crippen LogP contribution in [0.5, 0.6) is 11.5 Å². The van der Waals surface area contributed by atoms with Crippen molar-refractivity contribution in [2.75, 3.05) is 0 Å². The lowest BCUT2D eigenvalue weighted by atomic mass is 10.1. The van der Waals surface area contributed by atoms with Crippen LogP contribution in [0.4, 0.5) is 4.79 Å². The van der Waals surface area contributed by atoms with E-state index in [2.05, 4.69) is 0 Å². The van der Waals surface area contributed by atoms with Crippen molar-refractivity contribution in [1.29, 1.82) is 0 Å². The molecule has 1 atom stereocenters. The van der Waals surface area contributed by atoms with Gasteiger partial charge in [-0.25, -0.2) is 0 Å². The van der Waals surface area contributed by atoms with Crippen LogP contribution in [-0.4, -0.2) is 32.3 Å². The number of phenols is 2. The van der Waals surface area contributed by atoms with Gasteiger partial charge in [-0.15, -0.1) is 0 Å². The lowest BCUT2D eigenvalue weighted by molar-refractivity contribution is -0.124. The molecule has 0 aromatic heterocycles. The lowest BCUT2D eigenvalue weighted by Gasteiger charge is -2.19. The smallest absolute Gasteiger partial charge is 0.293 e. The molecule has 5 nitrogen and oxygen atoms in total. The van der Waals surface area contributed by atoms with Gasteiger partial charge in [-0.05, 0) is 48.9 Å². The molecule has 20 heavy (non-hydrogen) atoms. The van der Waals surface area contributed by atoms with Crippen LogP contribution in [0.2, 0.25) is 0 Å². The zero-order valence-corrected chi connectivity index (χ0v) is 12.0. The van der Waals surface area contributed by atoms with Gasteiger partial charge in [0.05, 0.1) is 4.91 Å². The Labute approximate surface area is 120 Å². The molecule has 1 aliphatic heterocycles. The van der Waals surface area contributed by atoms with Crippen molar-refractivity contribution in [2.45, 2.75) is 26.3 Å². The molecule has 1 heterocycles. The Balaban J connectivity index is 2.30. The van der Waals surface area contributed by atoms with Crippen LogP contribution in [0, 0.1) is 0 Å². The Morgan fingerprint density at radius 2 is 2.00 bits per heavy atom. The number of imide groups is 1. The number of nitrogens with zero attached hydrogens (tertiary/aromatic N) is 1. The summed E-state index contributed by atoms with van der Waals surface area (Å²) in [5.74, 6) is -0.809. The highest BCUT2D eigenvalue weighted by atomic mass is 32.2. The van der Waals surface area contributed by atoms with Crippen LogP contribution >= 0.6 is 11.8 Å². The molecule has 0 spiro atoms. The first-order valence-corrected chi connectivity index (χ1v) is 7.04. The number of phenolic OH excluding ortho intramolecular Hbond substituents is 2. The van der Waals surface area contributed by atoms with Gasteiger partial charge in [-0.2, -0.15) is 0 Å². The zero-order chi connectivity index (χ0) is 14.9. The molecule has 0 saturated carbocycles. The molecule has 1 fully saturated rings. The summed E-state index contributed by atoms with van der Waals surface area (Å²) < 4.78 is 0. The molecule has 6 heteroatoms. The predicted molar refractivity (Wildman–Crippen MR) is 77.3 cm³/mol. The average Bonchev–Trinajstić information content (AvgIpc) is 2.68. The van der Waals surface area contributed by atoms with Crippen molar-refractivity contribution in [3.63, 3.8) is 0 Å². The molecule has 1 aromatic rings. The Morgan fingerprint density at radius 3 is 2.60 bits per heavy atom. The summed E-state index contributed by atoms with van der Waals surface area (Å²) in [6.45, 7) is 3.74. The second kappa shape index (κ2) is 5.58.